The molecule has 6 nitrogen and oxygen atoms in total. The molecule has 2 rings (SSSR count). The van der Waals surface area contributed by atoms with Gasteiger partial charge in [-0.15, -0.1) is 0 Å². The lowest BCUT2D eigenvalue weighted by Crippen LogP contribution is -2.42. The fourth-order valence-corrected chi connectivity index (χ4v) is 2.97. The van der Waals surface area contributed by atoms with Crippen molar-refractivity contribution in [2.45, 2.75) is 19.9 Å². The third-order valence-electron chi connectivity index (χ3n) is 3.23. The maximum Gasteiger partial charge on any atom is 0.329 e. The smallest absolute Gasteiger partial charge is 0.329 e. The predicted molar refractivity (Wildman–Crippen MR) is 86.9 cm³/mol. The SMILES string of the molecule is CCOC(=O)C(C)N1C(=O)SC(=Cc2cccc(OC)c2)C1=O. The molecule has 1 atom stereocenters. The number of rotatable bonds is 5. The number of methoxy groups -OCH3 is 1. The summed E-state index contributed by atoms with van der Waals surface area (Å²) in [5.41, 5.74) is 0.735. The van der Waals surface area contributed by atoms with Crippen LogP contribution in [0.15, 0.2) is 29.2 Å². The number of benzene rings is 1. The van der Waals surface area contributed by atoms with Gasteiger partial charge in [-0.25, -0.2) is 4.79 Å². The standard InChI is InChI=1S/C16H17NO5S/c1-4-22-15(19)10(2)17-14(18)13(23-16(17)20)9-11-6-5-7-12(8-11)21-3/h5-10H,4H2,1-3H3. The third kappa shape index (κ3) is 3.73. The molecule has 7 heteroatoms. The van der Waals surface area contributed by atoms with Crippen molar-refractivity contribution < 1.29 is 23.9 Å². The summed E-state index contributed by atoms with van der Waals surface area (Å²) in [7, 11) is 1.55. The lowest BCUT2D eigenvalue weighted by Gasteiger charge is -2.19. The summed E-state index contributed by atoms with van der Waals surface area (Å²) in [5.74, 6) is -0.446. The lowest BCUT2D eigenvalue weighted by molar-refractivity contribution is -0.150. The van der Waals surface area contributed by atoms with Crippen LogP contribution in [-0.2, 0) is 14.3 Å². The molecule has 0 aliphatic carbocycles. The first-order chi connectivity index (χ1) is 11.0. The normalized spacial score (nSPS) is 17.5. The molecule has 0 spiro atoms. The number of imide groups is 1. The van der Waals surface area contributed by atoms with Crippen LogP contribution in [-0.4, -0.2) is 41.8 Å². The van der Waals surface area contributed by atoms with Crippen molar-refractivity contribution in [1.29, 1.82) is 0 Å². The van der Waals surface area contributed by atoms with Crippen molar-refractivity contribution in [2.75, 3.05) is 13.7 Å². The fourth-order valence-electron chi connectivity index (χ4n) is 2.06. The van der Waals surface area contributed by atoms with Crippen LogP contribution >= 0.6 is 11.8 Å². The Labute approximate surface area is 138 Å². The molecule has 1 unspecified atom stereocenters. The first-order valence-corrected chi connectivity index (χ1v) is 7.87. The van der Waals surface area contributed by atoms with E-state index in [4.69, 9.17) is 9.47 Å². The van der Waals surface area contributed by atoms with Gasteiger partial charge >= 0.3 is 5.97 Å². The molecule has 1 fully saturated rings. The zero-order chi connectivity index (χ0) is 17.0. The van der Waals surface area contributed by atoms with Crippen LogP contribution < -0.4 is 4.74 Å². The second-order valence-electron chi connectivity index (χ2n) is 4.76. The largest absolute Gasteiger partial charge is 0.497 e. The molecule has 23 heavy (non-hydrogen) atoms. The average molecular weight is 335 g/mol. The lowest BCUT2D eigenvalue weighted by atomic mass is 10.2. The van der Waals surface area contributed by atoms with Crippen LogP contribution in [0.3, 0.4) is 0 Å². The summed E-state index contributed by atoms with van der Waals surface area (Å²) < 4.78 is 9.99. The van der Waals surface area contributed by atoms with Crippen molar-refractivity contribution in [1.82, 2.24) is 4.90 Å². The van der Waals surface area contributed by atoms with Crippen molar-refractivity contribution in [3.8, 4) is 5.75 Å². The molecule has 1 heterocycles. The molecule has 0 bridgehead atoms. The van der Waals surface area contributed by atoms with Gasteiger partial charge < -0.3 is 9.47 Å². The molecule has 1 aromatic rings. The highest BCUT2D eigenvalue weighted by Crippen LogP contribution is 2.34. The van der Waals surface area contributed by atoms with Crippen LogP contribution in [0.25, 0.3) is 6.08 Å². The zero-order valence-electron chi connectivity index (χ0n) is 13.1. The molecular formula is C16H17NO5S. The van der Waals surface area contributed by atoms with E-state index in [0.717, 1.165) is 22.2 Å². The van der Waals surface area contributed by atoms with Crippen LogP contribution in [0.1, 0.15) is 19.4 Å². The van der Waals surface area contributed by atoms with Gasteiger partial charge in [-0.3, -0.25) is 14.5 Å². The van der Waals surface area contributed by atoms with Crippen molar-refractivity contribution >= 4 is 35.0 Å². The van der Waals surface area contributed by atoms with E-state index in [2.05, 4.69) is 0 Å². The van der Waals surface area contributed by atoms with Crippen molar-refractivity contribution in [3.05, 3.63) is 34.7 Å². The monoisotopic (exact) mass is 335 g/mol. The minimum atomic E-state index is -0.946. The highest BCUT2D eigenvalue weighted by molar-refractivity contribution is 8.18. The van der Waals surface area contributed by atoms with Gasteiger partial charge in [0.1, 0.15) is 11.8 Å². The van der Waals surface area contributed by atoms with Gasteiger partial charge in [-0.2, -0.15) is 0 Å². The number of thioether (sulfide) groups is 1. The molecule has 0 saturated carbocycles. The van der Waals surface area contributed by atoms with Crippen molar-refractivity contribution in [3.63, 3.8) is 0 Å². The quantitative estimate of drug-likeness (QED) is 0.608. The maximum atomic E-state index is 12.4. The van der Waals surface area contributed by atoms with E-state index in [1.54, 1.807) is 44.4 Å². The van der Waals surface area contributed by atoms with Crippen LogP contribution in [0.4, 0.5) is 4.79 Å². The van der Waals surface area contributed by atoms with E-state index in [0.29, 0.717) is 5.75 Å². The number of hydrogen-bond acceptors (Lipinski definition) is 6. The molecule has 0 aromatic heterocycles. The number of esters is 1. The van der Waals surface area contributed by atoms with Gasteiger partial charge in [0, 0.05) is 0 Å². The fraction of sp³-hybridized carbons (Fsp3) is 0.312. The van der Waals surface area contributed by atoms with E-state index in [1.807, 2.05) is 0 Å². The summed E-state index contributed by atoms with van der Waals surface area (Å²) in [6.45, 7) is 3.34. The Kier molecular flexibility index (Phi) is 5.44. The van der Waals surface area contributed by atoms with Gasteiger partial charge in [0.25, 0.3) is 11.1 Å². The second kappa shape index (κ2) is 7.32. The Balaban J connectivity index is 2.23. The Morgan fingerprint density at radius 3 is 2.78 bits per heavy atom. The van der Waals surface area contributed by atoms with Crippen LogP contribution in [0.2, 0.25) is 0 Å². The summed E-state index contributed by atoms with van der Waals surface area (Å²) >= 11 is 0.804. The van der Waals surface area contributed by atoms with Gasteiger partial charge in [-0.1, -0.05) is 12.1 Å². The number of nitrogens with zero attached hydrogens (tertiary/aromatic N) is 1. The number of carbonyl (C=O) groups excluding carboxylic acids is 3. The Bertz CT molecular complexity index is 670. The summed E-state index contributed by atoms with van der Waals surface area (Å²) in [4.78, 5) is 37.4. The summed E-state index contributed by atoms with van der Waals surface area (Å²) in [6.07, 6.45) is 1.60. The van der Waals surface area contributed by atoms with Crippen molar-refractivity contribution in [2.24, 2.45) is 0 Å². The van der Waals surface area contributed by atoms with Gasteiger partial charge in [0.05, 0.1) is 18.6 Å². The average Bonchev–Trinajstić information content (AvgIpc) is 2.81. The van der Waals surface area contributed by atoms with E-state index in [1.165, 1.54) is 6.92 Å². The first kappa shape index (κ1) is 17.1. The minimum absolute atomic E-state index is 0.193. The maximum absolute atomic E-state index is 12.4. The number of carbonyl (C=O) groups is 3. The van der Waals surface area contributed by atoms with E-state index >= 15 is 0 Å². The molecule has 1 aromatic carbocycles. The molecule has 1 aliphatic rings. The molecular weight excluding hydrogens is 318 g/mol. The van der Waals surface area contributed by atoms with Gasteiger partial charge in [0.2, 0.25) is 0 Å². The third-order valence-corrected chi connectivity index (χ3v) is 4.11. The number of hydrogen-bond donors (Lipinski definition) is 0. The Morgan fingerprint density at radius 1 is 1.39 bits per heavy atom. The first-order valence-electron chi connectivity index (χ1n) is 7.05. The topological polar surface area (TPSA) is 72.9 Å². The van der Waals surface area contributed by atoms with Gasteiger partial charge in [-0.05, 0) is 49.4 Å². The molecule has 2 amide bonds. The van der Waals surface area contributed by atoms with Crippen LogP contribution in [0.5, 0.6) is 5.75 Å². The number of amides is 2. The van der Waals surface area contributed by atoms with Crippen LogP contribution in [0, 0.1) is 0 Å². The number of ether oxygens (including phenoxy) is 2. The van der Waals surface area contributed by atoms with E-state index in [-0.39, 0.29) is 11.5 Å². The highest BCUT2D eigenvalue weighted by atomic mass is 32.2. The van der Waals surface area contributed by atoms with E-state index < -0.39 is 23.2 Å². The highest BCUT2D eigenvalue weighted by Gasteiger charge is 2.41. The molecule has 1 saturated heterocycles. The summed E-state index contributed by atoms with van der Waals surface area (Å²) in [6, 6.07) is 6.18. The second-order valence-corrected chi connectivity index (χ2v) is 5.75. The molecule has 0 radical (unpaired) electrons. The molecule has 1 aliphatic heterocycles. The Hall–Kier alpha value is -2.28. The molecule has 122 valence electrons. The van der Waals surface area contributed by atoms with E-state index in [9.17, 15) is 14.4 Å². The van der Waals surface area contributed by atoms with Gasteiger partial charge in [0.15, 0.2) is 0 Å². The summed E-state index contributed by atoms with van der Waals surface area (Å²) in [5, 5.41) is -0.482. The predicted octanol–water partition coefficient (Wildman–Crippen LogP) is 2.68. The molecule has 0 N–H and O–H groups in total. The minimum Gasteiger partial charge on any atom is -0.497 e. The Morgan fingerprint density at radius 2 is 2.13 bits per heavy atom. The zero-order valence-corrected chi connectivity index (χ0v) is 13.9.